The molecule has 2 aromatic rings. The Kier molecular flexibility index (Phi) is 5.00. The van der Waals surface area contributed by atoms with Crippen LogP contribution in [-0.2, 0) is 0 Å². The molecule has 0 heterocycles. The van der Waals surface area contributed by atoms with Crippen molar-refractivity contribution in [2.24, 2.45) is 0 Å². The highest BCUT2D eigenvalue weighted by molar-refractivity contribution is 7.99. The maximum Gasteiger partial charge on any atom is 0.137 e. The summed E-state index contributed by atoms with van der Waals surface area (Å²) in [6.07, 6.45) is 0. The van der Waals surface area contributed by atoms with Crippen molar-refractivity contribution >= 4 is 11.8 Å². The molecule has 0 aliphatic carbocycles. The third-order valence-corrected chi connectivity index (χ3v) is 4.01. The van der Waals surface area contributed by atoms with Crippen molar-refractivity contribution in [2.75, 3.05) is 6.54 Å². The zero-order chi connectivity index (χ0) is 13.7. The first-order valence-corrected chi connectivity index (χ1v) is 7.28. The highest BCUT2D eigenvalue weighted by atomic mass is 32.2. The summed E-state index contributed by atoms with van der Waals surface area (Å²) in [4.78, 5) is 1.72. The second-order valence-corrected chi connectivity index (χ2v) is 5.50. The predicted molar refractivity (Wildman–Crippen MR) is 79.1 cm³/mol. The number of halogens is 1. The van der Waals surface area contributed by atoms with E-state index >= 15 is 0 Å². The molecule has 1 N–H and O–H groups in total. The van der Waals surface area contributed by atoms with Gasteiger partial charge in [0.05, 0.1) is 0 Å². The molecule has 0 radical (unpaired) electrons. The van der Waals surface area contributed by atoms with Gasteiger partial charge in [-0.25, -0.2) is 4.39 Å². The number of benzene rings is 2. The molecule has 3 heteroatoms. The van der Waals surface area contributed by atoms with Crippen LogP contribution in [0.1, 0.15) is 25.5 Å². The fraction of sp³-hybridized carbons (Fsp3) is 0.250. The normalized spacial score (nSPS) is 12.4. The van der Waals surface area contributed by atoms with Crippen molar-refractivity contribution in [3.05, 3.63) is 59.9 Å². The zero-order valence-corrected chi connectivity index (χ0v) is 12.0. The molecule has 0 fully saturated rings. The Hall–Kier alpha value is -1.32. The highest BCUT2D eigenvalue weighted by Gasteiger charge is 2.05. The Bertz CT molecular complexity index is 525. The zero-order valence-electron chi connectivity index (χ0n) is 11.2. The summed E-state index contributed by atoms with van der Waals surface area (Å²) in [5.74, 6) is -0.169. The van der Waals surface area contributed by atoms with Crippen molar-refractivity contribution in [1.82, 2.24) is 5.32 Å². The molecule has 19 heavy (non-hydrogen) atoms. The number of hydrogen-bond donors (Lipinski definition) is 1. The van der Waals surface area contributed by atoms with Crippen LogP contribution in [0.3, 0.4) is 0 Å². The molecule has 0 aliphatic rings. The molecule has 100 valence electrons. The molecule has 2 aromatic carbocycles. The average molecular weight is 275 g/mol. The number of nitrogens with one attached hydrogen (secondary N) is 1. The lowest BCUT2D eigenvalue weighted by molar-refractivity contribution is 0.597. The van der Waals surface area contributed by atoms with Crippen molar-refractivity contribution in [2.45, 2.75) is 29.7 Å². The van der Waals surface area contributed by atoms with E-state index in [2.05, 4.69) is 31.3 Å². The molecule has 0 aliphatic heterocycles. The largest absolute Gasteiger partial charge is 0.310 e. The van der Waals surface area contributed by atoms with Gasteiger partial charge in [0.25, 0.3) is 0 Å². The van der Waals surface area contributed by atoms with Crippen LogP contribution in [-0.4, -0.2) is 6.54 Å². The van der Waals surface area contributed by atoms with Crippen LogP contribution in [0.4, 0.5) is 4.39 Å². The minimum atomic E-state index is -0.169. The van der Waals surface area contributed by atoms with Crippen LogP contribution in [0.25, 0.3) is 0 Å². The maximum atomic E-state index is 13.6. The molecule has 0 amide bonds. The molecule has 0 aromatic heterocycles. The lowest BCUT2D eigenvalue weighted by Crippen LogP contribution is -2.17. The molecule has 0 saturated carbocycles. The van der Waals surface area contributed by atoms with Crippen LogP contribution >= 0.6 is 11.8 Å². The van der Waals surface area contributed by atoms with Gasteiger partial charge in [0, 0.05) is 15.8 Å². The van der Waals surface area contributed by atoms with Crippen molar-refractivity contribution in [3.8, 4) is 0 Å². The van der Waals surface area contributed by atoms with Crippen LogP contribution in [0.5, 0.6) is 0 Å². The van der Waals surface area contributed by atoms with Crippen molar-refractivity contribution < 1.29 is 4.39 Å². The Balaban J connectivity index is 2.09. The van der Waals surface area contributed by atoms with Crippen LogP contribution in [0.15, 0.2) is 58.3 Å². The maximum absolute atomic E-state index is 13.6. The minimum Gasteiger partial charge on any atom is -0.310 e. The molecule has 0 saturated heterocycles. The lowest BCUT2D eigenvalue weighted by atomic mass is 10.1. The van der Waals surface area contributed by atoms with E-state index in [1.54, 1.807) is 12.1 Å². The summed E-state index contributed by atoms with van der Waals surface area (Å²) in [5, 5.41) is 3.37. The first kappa shape index (κ1) is 14.1. The molecule has 1 atom stereocenters. The summed E-state index contributed by atoms with van der Waals surface area (Å²) in [6, 6.07) is 15.5. The van der Waals surface area contributed by atoms with E-state index in [0.29, 0.717) is 10.9 Å². The molecular formula is C16H18FNS. The monoisotopic (exact) mass is 275 g/mol. The van der Waals surface area contributed by atoms with Crippen LogP contribution in [0, 0.1) is 5.82 Å². The van der Waals surface area contributed by atoms with Crippen LogP contribution < -0.4 is 5.32 Å². The number of hydrogen-bond acceptors (Lipinski definition) is 2. The third kappa shape index (κ3) is 3.82. The van der Waals surface area contributed by atoms with Crippen LogP contribution in [0.2, 0.25) is 0 Å². The first-order chi connectivity index (χ1) is 9.20. The van der Waals surface area contributed by atoms with Gasteiger partial charge in [0.1, 0.15) is 5.82 Å². The van der Waals surface area contributed by atoms with Gasteiger partial charge in [0.2, 0.25) is 0 Å². The van der Waals surface area contributed by atoms with E-state index in [9.17, 15) is 4.39 Å². The van der Waals surface area contributed by atoms with Gasteiger partial charge in [0.15, 0.2) is 0 Å². The summed E-state index contributed by atoms with van der Waals surface area (Å²) >= 11 is 1.45. The van der Waals surface area contributed by atoms with E-state index in [1.807, 2.05) is 18.2 Å². The Morgan fingerprint density at radius 3 is 2.42 bits per heavy atom. The van der Waals surface area contributed by atoms with Crippen molar-refractivity contribution in [1.29, 1.82) is 0 Å². The van der Waals surface area contributed by atoms with Gasteiger partial charge in [-0.15, -0.1) is 0 Å². The van der Waals surface area contributed by atoms with Gasteiger partial charge in [-0.05, 0) is 43.3 Å². The fourth-order valence-corrected chi connectivity index (χ4v) is 2.74. The second-order valence-electron chi connectivity index (χ2n) is 4.38. The molecule has 1 nitrogen and oxygen atoms in total. The van der Waals surface area contributed by atoms with Gasteiger partial charge in [-0.1, -0.05) is 43.0 Å². The fourth-order valence-electron chi connectivity index (χ4n) is 1.90. The SMILES string of the molecule is CCNC(C)c1ccc(Sc2ccccc2F)cc1. The third-order valence-electron chi connectivity index (χ3n) is 2.95. The summed E-state index contributed by atoms with van der Waals surface area (Å²) < 4.78 is 13.6. The average Bonchev–Trinajstić information content (AvgIpc) is 2.42. The predicted octanol–water partition coefficient (Wildman–Crippen LogP) is 4.65. The van der Waals surface area contributed by atoms with E-state index < -0.39 is 0 Å². The first-order valence-electron chi connectivity index (χ1n) is 6.46. The van der Waals surface area contributed by atoms with E-state index in [0.717, 1.165) is 11.4 Å². The van der Waals surface area contributed by atoms with Gasteiger partial charge in [-0.3, -0.25) is 0 Å². The summed E-state index contributed by atoms with van der Waals surface area (Å²) in [5.41, 5.74) is 1.25. The minimum absolute atomic E-state index is 0.169. The van der Waals surface area contributed by atoms with E-state index in [4.69, 9.17) is 0 Å². The summed E-state index contributed by atoms with van der Waals surface area (Å²) in [6.45, 7) is 5.19. The Morgan fingerprint density at radius 1 is 1.11 bits per heavy atom. The Labute approximate surface area is 118 Å². The van der Waals surface area contributed by atoms with Crippen molar-refractivity contribution in [3.63, 3.8) is 0 Å². The highest BCUT2D eigenvalue weighted by Crippen LogP contribution is 2.30. The van der Waals surface area contributed by atoms with Gasteiger partial charge >= 0.3 is 0 Å². The molecule has 0 bridgehead atoms. The number of rotatable bonds is 5. The molecule has 2 rings (SSSR count). The van der Waals surface area contributed by atoms with E-state index in [1.165, 1.54) is 23.4 Å². The molecule has 0 spiro atoms. The van der Waals surface area contributed by atoms with Gasteiger partial charge in [-0.2, -0.15) is 0 Å². The molecular weight excluding hydrogens is 257 g/mol. The summed E-state index contributed by atoms with van der Waals surface area (Å²) in [7, 11) is 0. The molecule has 1 unspecified atom stereocenters. The second kappa shape index (κ2) is 6.73. The topological polar surface area (TPSA) is 12.0 Å². The smallest absolute Gasteiger partial charge is 0.137 e. The Morgan fingerprint density at radius 2 is 1.79 bits per heavy atom. The van der Waals surface area contributed by atoms with E-state index in [-0.39, 0.29) is 5.82 Å². The quantitative estimate of drug-likeness (QED) is 0.852. The lowest BCUT2D eigenvalue weighted by Gasteiger charge is -2.13. The standard InChI is InChI=1S/C16H18FNS/c1-3-18-12(2)13-8-10-14(11-9-13)19-16-7-5-4-6-15(16)17/h4-12,18H,3H2,1-2H3. The van der Waals surface area contributed by atoms with Gasteiger partial charge < -0.3 is 5.32 Å².